The maximum Gasteiger partial charge on any atom is 0.263 e. The third-order valence-electron chi connectivity index (χ3n) is 13.3. The number of fused-ring (bicyclic) bond motifs is 4. The van der Waals surface area contributed by atoms with Crippen molar-refractivity contribution < 1.29 is 28.8 Å². The summed E-state index contributed by atoms with van der Waals surface area (Å²) < 4.78 is 1.72. The fourth-order valence-electron chi connectivity index (χ4n) is 9.81. The number of aromatic nitrogens is 4. The summed E-state index contributed by atoms with van der Waals surface area (Å²) in [7, 11) is 0. The normalized spacial score (nSPS) is 18.8. The van der Waals surface area contributed by atoms with E-state index in [0.29, 0.717) is 84.8 Å². The van der Waals surface area contributed by atoms with Gasteiger partial charge in [-0.15, -0.1) is 0 Å². The number of carbonyl (C=O) groups is 6. The molecule has 0 radical (unpaired) electrons. The lowest BCUT2D eigenvalue weighted by Crippen LogP contribution is -2.54. The Morgan fingerprint density at radius 2 is 1.50 bits per heavy atom. The third kappa shape index (κ3) is 7.13. The zero-order chi connectivity index (χ0) is 44.4. The van der Waals surface area contributed by atoms with Gasteiger partial charge in [0.15, 0.2) is 5.78 Å². The van der Waals surface area contributed by atoms with Gasteiger partial charge in [-0.25, -0.2) is 9.97 Å². The molecular weight excluding hydrogens is 817 g/mol. The quantitative estimate of drug-likeness (QED) is 0.164. The van der Waals surface area contributed by atoms with E-state index in [0.717, 1.165) is 53.1 Å². The molecule has 1 saturated carbocycles. The van der Waals surface area contributed by atoms with E-state index in [1.54, 1.807) is 35.9 Å². The number of nitrogens with zero attached hydrogens (tertiary/aromatic N) is 9. The van der Waals surface area contributed by atoms with Crippen LogP contribution in [-0.4, -0.2) is 96.9 Å². The number of benzene rings is 2. The summed E-state index contributed by atoms with van der Waals surface area (Å²) in [5, 5.41) is 11.9. The second-order valence-electron chi connectivity index (χ2n) is 17.2. The second-order valence-corrected chi connectivity index (χ2v) is 17.2. The topological polar surface area (TPSA) is 210 Å². The van der Waals surface area contributed by atoms with Crippen LogP contribution in [0.3, 0.4) is 0 Å². The Morgan fingerprint density at radius 3 is 2.20 bits per heavy atom. The van der Waals surface area contributed by atoms with Crippen molar-refractivity contribution in [2.24, 2.45) is 10.2 Å². The molecule has 0 spiro atoms. The van der Waals surface area contributed by atoms with Gasteiger partial charge < -0.3 is 9.80 Å². The Bertz CT molecular complexity index is 2950. The molecule has 5 aromatic rings. The largest absolute Gasteiger partial charge is 0.367 e. The highest BCUT2D eigenvalue weighted by Gasteiger charge is 2.45. The Labute approximate surface area is 366 Å². The molecule has 64 heavy (non-hydrogen) atoms. The van der Waals surface area contributed by atoms with Crippen LogP contribution in [0.4, 0.5) is 17.1 Å². The molecule has 2 aromatic carbocycles. The minimum absolute atomic E-state index is 0.000415. The number of carbonyl (C=O) groups excluding carboxylic acids is 6. The number of Topliss-reactive ketones (excluding diaryl/α,β-unsaturated/α-hetero) is 1. The number of ketones is 1. The average Bonchev–Trinajstić information content (AvgIpc) is 3.90. The fourth-order valence-corrected chi connectivity index (χ4v) is 9.81. The van der Waals surface area contributed by atoms with Crippen molar-refractivity contribution in [1.29, 1.82) is 0 Å². The predicted octanol–water partition coefficient (Wildman–Crippen LogP) is 5.28. The number of imide groups is 2. The van der Waals surface area contributed by atoms with E-state index in [1.807, 2.05) is 29.3 Å². The van der Waals surface area contributed by atoms with Gasteiger partial charge in [0.1, 0.15) is 17.5 Å². The first-order chi connectivity index (χ1) is 30.9. The van der Waals surface area contributed by atoms with Crippen LogP contribution in [-0.2, 0) is 28.9 Å². The number of rotatable bonds is 7. The van der Waals surface area contributed by atoms with Crippen LogP contribution < -0.4 is 15.8 Å². The SMILES string of the molecule is CC(=O)c1c(C)c2cnc(Cc3ccc(N4CCN(C(=O)c5ccc6c(c5)N=Nc5cc7c(cc5CC6)C(=O)N(C5CCC(=O)NC5=O)C7=O)CC4)cn3)nc2n(C2CCCC2)c1=O. The fraction of sp³-hybridized carbons (Fsp3) is 0.362. The molecule has 1 N–H and O–H groups in total. The van der Waals surface area contributed by atoms with E-state index < -0.39 is 29.7 Å². The van der Waals surface area contributed by atoms with Gasteiger partial charge in [0.25, 0.3) is 23.3 Å². The van der Waals surface area contributed by atoms with Gasteiger partial charge in [-0.3, -0.25) is 53.3 Å². The van der Waals surface area contributed by atoms with Crippen molar-refractivity contribution in [3.05, 3.63) is 116 Å². The summed E-state index contributed by atoms with van der Waals surface area (Å²) in [6.45, 7) is 5.42. The molecular formula is C47H44N10O7. The summed E-state index contributed by atoms with van der Waals surface area (Å²) in [4.78, 5) is 110. The zero-order valence-electron chi connectivity index (χ0n) is 35.4. The monoisotopic (exact) mass is 860 g/mol. The highest BCUT2D eigenvalue weighted by Crippen LogP contribution is 2.37. The van der Waals surface area contributed by atoms with Crippen LogP contribution in [0.2, 0.25) is 0 Å². The van der Waals surface area contributed by atoms with Gasteiger partial charge in [0.05, 0.1) is 46.4 Å². The number of hydrogen-bond donors (Lipinski definition) is 1. The number of azo groups is 1. The lowest BCUT2D eigenvalue weighted by Gasteiger charge is -2.36. The van der Waals surface area contributed by atoms with E-state index in [2.05, 4.69) is 25.4 Å². The average molecular weight is 861 g/mol. The summed E-state index contributed by atoms with van der Waals surface area (Å²) in [6, 6.07) is 11.5. The molecule has 4 aliphatic heterocycles. The minimum Gasteiger partial charge on any atom is -0.367 e. The van der Waals surface area contributed by atoms with E-state index >= 15 is 0 Å². The van der Waals surface area contributed by atoms with Gasteiger partial charge in [-0.2, -0.15) is 10.2 Å². The van der Waals surface area contributed by atoms with Crippen LogP contribution in [0.25, 0.3) is 11.0 Å². The van der Waals surface area contributed by atoms with Crippen LogP contribution >= 0.6 is 0 Å². The molecule has 1 atom stereocenters. The number of hydrogen-bond acceptors (Lipinski definition) is 13. The molecule has 5 aliphatic rings. The number of piperidine rings is 1. The molecule has 2 saturated heterocycles. The lowest BCUT2D eigenvalue weighted by molar-refractivity contribution is -0.136. The molecule has 17 heteroatoms. The predicted molar refractivity (Wildman–Crippen MR) is 232 cm³/mol. The minimum atomic E-state index is -1.06. The molecule has 5 amide bonds. The number of amides is 5. The third-order valence-corrected chi connectivity index (χ3v) is 13.3. The second kappa shape index (κ2) is 16.1. The highest BCUT2D eigenvalue weighted by atomic mass is 16.2. The highest BCUT2D eigenvalue weighted by molar-refractivity contribution is 6.24. The number of anilines is 1. The van der Waals surface area contributed by atoms with Gasteiger partial charge in [0, 0.05) is 61.5 Å². The Hall–Kier alpha value is -7.30. The molecule has 3 aromatic heterocycles. The first-order valence-electron chi connectivity index (χ1n) is 21.8. The van der Waals surface area contributed by atoms with Crippen LogP contribution in [0, 0.1) is 6.92 Å². The summed E-state index contributed by atoms with van der Waals surface area (Å²) in [5.41, 5.74) is 6.20. The summed E-state index contributed by atoms with van der Waals surface area (Å²) in [6.07, 6.45) is 8.86. The lowest BCUT2D eigenvalue weighted by atomic mass is 9.96. The number of piperazine rings is 1. The van der Waals surface area contributed by atoms with Gasteiger partial charge in [-0.1, -0.05) is 18.9 Å². The molecule has 1 aliphatic carbocycles. The van der Waals surface area contributed by atoms with Gasteiger partial charge >= 0.3 is 0 Å². The zero-order valence-corrected chi connectivity index (χ0v) is 35.4. The Morgan fingerprint density at radius 1 is 0.781 bits per heavy atom. The van der Waals surface area contributed by atoms with Crippen molar-refractivity contribution in [1.82, 2.24) is 34.6 Å². The number of nitrogens with one attached hydrogen (secondary N) is 1. The van der Waals surface area contributed by atoms with Crippen molar-refractivity contribution in [3.8, 4) is 0 Å². The number of pyridine rings is 2. The van der Waals surface area contributed by atoms with Crippen molar-refractivity contribution in [2.45, 2.75) is 83.7 Å². The van der Waals surface area contributed by atoms with Gasteiger partial charge in [-0.05, 0) is 99.0 Å². The maximum atomic E-state index is 13.8. The van der Waals surface area contributed by atoms with Crippen LogP contribution in [0.15, 0.2) is 69.9 Å². The van der Waals surface area contributed by atoms with Crippen molar-refractivity contribution >= 4 is 63.4 Å². The maximum absolute atomic E-state index is 13.8. The molecule has 3 fully saturated rings. The van der Waals surface area contributed by atoms with Crippen LogP contribution in [0.5, 0.6) is 0 Å². The smallest absolute Gasteiger partial charge is 0.263 e. The molecule has 7 heterocycles. The summed E-state index contributed by atoms with van der Waals surface area (Å²) >= 11 is 0. The van der Waals surface area contributed by atoms with E-state index in [1.165, 1.54) is 13.0 Å². The van der Waals surface area contributed by atoms with Crippen molar-refractivity contribution in [3.63, 3.8) is 0 Å². The Kier molecular flexibility index (Phi) is 10.3. The van der Waals surface area contributed by atoms with E-state index in [4.69, 9.17) is 9.97 Å². The van der Waals surface area contributed by atoms with Gasteiger partial charge in [0.2, 0.25) is 11.8 Å². The summed E-state index contributed by atoms with van der Waals surface area (Å²) in [5.74, 6) is -2.13. The molecule has 324 valence electrons. The first-order valence-corrected chi connectivity index (χ1v) is 21.8. The number of aryl methyl sites for hydroxylation is 3. The Balaban J connectivity index is 0.793. The molecule has 1 unspecified atom stereocenters. The van der Waals surface area contributed by atoms with E-state index in [9.17, 15) is 33.6 Å². The standard InChI is InChI=1S/C47H44N10O7/c1-25-35-24-49-39(50-42(35)56(31-5-3-4-6-31)47(64)41(25)26(2)58)21-30-11-12-32(23-48-30)54-15-17-55(18-16-54)44(61)29-10-8-27-7-9-28-19-33-34(22-37(28)53-52-36(27)20-29)46(63)57(45(33)62)38-13-14-40(59)51-43(38)60/h8,10-12,19-20,22-24,31,38H,3-7,9,13-18,21H2,1-2H3,(H,51,59,60). The first kappa shape index (κ1) is 40.8. The molecule has 17 nitrogen and oxygen atoms in total. The molecule has 0 bridgehead atoms. The van der Waals surface area contributed by atoms with Crippen molar-refractivity contribution in [2.75, 3.05) is 31.1 Å². The van der Waals surface area contributed by atoms with Crippen LogP contribution in [0.1, 0.15) is 121 Å². The van der Waals surface area contributed by atoms with E-state index in [-0.39, 0.29) is 52.8 Å². The molecule has 10 rings (SSSR count).